The van der Waals surface area contributed by atoms with Crippen LogP contribution >= 0.6 is 0 Å². The van der Waals surface area contributed by atoms with E-state index >= 15 is 0 Å². The number of amides is 1. The summed E-state index contributed by atoms with van der Waals surface area (Å²) in [6, 6.07) is 4.44. The number of esters is 1. The van der Waals surface area contributed by atoms with Crippen molar-refractivity contribution >= 4 is 23.4 Å². The first-order valence-corrected chi connectivity index (χ1v) is 15.3. The third-order valence-corrected chi connectivity index (χ3v) is 11.3. The summed E-state index contributed by atoms with van der Waals surface area (Å²) in [4.78, 5) is 50.0. The molecule has 0 aliphatic heterocycles. The van der Waals surface area contributed by atoms with Gasteiger partial charge < -0.3 is 25.4 Å². The number of aromatic hydroxyl groups is 2. The second-order valence-corrected chi connectivity index (χ2v) is 13.3. The van der Waals surface area contributed by atoms with Crippen LogP contribution in [0.4, 0.5) is 0 Å². The lowest BCUT2D eigenvalue weighted by molar-refractivity contribution is -0.170. The Balaban J connectivity index is 1.10. The molecule has 1 aromatic carbocycles. The number of hydrogen-bond donors (Lipinski definition) is 4. The van der Waals surface area contributed by atoms with Crippen LogP contribution in [-0.4, -0.2) is 57.5 Å². The number of ketones is 2. The van der Waals surface area contributed by atoms with E-state index in [2.05, 4.69) is 12.2 Å². The SMILES string of the molecule is C[C@]12CCC(=O)C=C1CC[C@@H]1[C@H]2CC[C@@]2(C)[C@H]1CC[C@]2(O)C(=O)COC(=O)CCC(=O)NCCc1ccc(O)c(O)c1. The largest absolute Gasteiger partial charge is 0.504 e. The Bertz CT molecular complexity index is 1300. The van der Waals surface area contributed by atoms with Crippen LogP contribution in [0.25, 0.3) is 0 Å². The van der Waals surface area contributed by atoms with Crippen molar-refractivity contribution in [1.29, 1.82) is 0 Å². The summed E-state index contributed by atoms with van der Waals surface area (Å²) >= 11 is 0. The highest BCUT2D eigenvalue weighted by Crippen LogP contribution is 2.67. The van der Waals surface area contributed by atoms with Crippen molar-refractivity contribution in [3.05, 3.63) is 35.4 Å². The number of fused-ring (bicyclic) bond motifs is 5. The number of rotatable bonds is 9. The molecular weight excluding hydrogens is 538 g/mol. The lowest BCUT2D eigenvalue weighted by Gasteiger charge is -2.58. The van der Waals surface area contributed by atoms with Crippen LogP contribution in [0.15, 0.2) is 29.8 Å². The Morgan fingerprint density at radius 2 is 1.74 bits per heavy atom. The summed E-state index contributed by atoms with van der Waals surface area (Å²) < 4.78 is 5.24. The summed E-state index contributed by atoms with van der Waals surface area (Å²) in [6.07, 6.45) is 8.10. The molecule has 0 unspecified atom stereocenters. The van der Waals surface area contributed by atoms with Crippen LogP contribution in [0.2, 0.25) is 0 Å². The van der Waals surface area contributed by atoms with Gasteiger partial charge in [0.1, 0.15) is 5.60 Å². The van der Waals surface area contributed by atoms with E-state index in [1.807, 2.05) is 13.0 Å². The molecule has 42 heavy (non-hydrogen) atoms. The zero-order valence-corrected chi connectivity index (χ0v) is 24.6. The van der Waals surface area contributed by atoms with E-state index in [0.29, 0.717) is 37.6 Å². The van der Waals surface area contributed by atoms with Crippen molar-refractivity contribution in [3.63, 3.8) is 0 Å². The van der Waals surface area contributed by atoms with Crippen molar-refractivity contribution in [2.45, 2.75) is 90.1 Å². The predicted molar refractivity (Wildman–Crippen MR) is 153 cm³/mol. The molecule has 1 amide bonds. The van der Waals surface area contributed by atoms with E-state index < -0.39 is 29.4 Å². The molecule has 9 heteroatoms. The maximum absolute atomic E-state index is 13.4. The fourth-order valence-electron chi connectivity index (χ4n) is 8.75. The van der Waals surface area contributed by atoms with Crippen LogP contribution < -0.4 is 5.32 Å². The molecule has 0 heterocycles. The molecule has 0 radical (unpaired) electrons. The van der Waals surface area contributed by atoms with Gasteiger partial charge in [-0.05, 0) is 98.3 Å². The molecule has 9 nitrogen and oxygen atoms in total. The molecule has 5 rings (SSSR count). The van der Waals surface area contributed by atoms with Gasteiger partial charge in [-0.15, -0.1) is 0 Å². The Morgan fingerprint density at radius 1 is 0.976 bits per heavy atom. The molecule has 3 fully saturated rings. The average molecular weight is 582 g/mol. The first-order valence-electron chi connectivity index (χ1n) is 15.3. The monoisotopic (exact) mass is 581 g/mol. The van der Waals surface area contributed by atoms with Gasteiger partial charge in [-0.2, -0.15) is 0 Å². The zero-order valence-electron chi connectivity index (χ0n) is 24.6. The van der Waals surface area contributed by atoms with Gasteiger partial charge in [0.2, 0.25) is 11.7 Å². The van der Waals surface area contributed by atoms with Gasteiger partial charge in [0.15, 0.2) is 23.9 Å². The number of aliphatic hydroxyl groups is 1. The first kappa shape index (κ1) is 30.3. The number of carbonyl (C=O) groups is 4. The van der Waals surface area contributed by atoms with E-state index in [9.17, 15) is 34.5 Å². The minimum atomic E-state index is -1.55. The minimum absolute atomic E-state index is 0.0131. The first-order chi connectivity index (χ1) is 19.9. The van der Waals surface area contributed by atoms with Gasteiger partial charge in [-0.25, -0.2) is 0 Å². The van der Waals surface area contributed by atoms with Crippen LogP contribution in [0, 0.1) is 28.6 Å². The third kappa shape index (κ3) is 5.36. The second-order valence-electron chi connectivity index (χ2n) is 13.3. The highest BCUT2D eigenvalue weighted by Gasteiger charge is 2.66. The van der Waals surface area contributed by atoms with E-state index in [-0.39, 0.29) is 47.4 Å². The number of phenolic OH excluding ortho intramolecular Hbond substituents is 2. The second kappa shape index (κ2) is 11.5. The maximum Gasteiger partial charge on any atom is 0.306 e. The molecule has 0 saturated heterocycles. The molecule has 4 N–H and O–H groups in total. The lowest BCUT2D eigenvalue weighted by Crippen LogP contribution is -2.58. The minimum Gasteiger partial charge on any atom is -0.504 e. The Kier molecular flexibility index (Phi) is 8.27. The van der Waals surface area contributed by atoms with E-state index in [1.165, 1.54) is 17.7 Å². The van der Waals surface area contributed by atoms with Gasteiger partial charge >= 0.3 is 5.97 Å². The van der Waals surface area contributed by atoms with Crippen molar-refractivity contribution in [1.82, 2.24) is 5.32 Å². The summed E-state index contributed by atoms with van der Waals surface area (Å²) in [5.74, 6) is -0.657. The molecule has 6 atom stereocenters. The maximum atomic E-state index is 13.4. The summed E-state index contributed by atoms with van der Waals surface area (Å²) in [5.41, 5.74) is -0.107. The molecule has 0 aromatic heterocycles. The zero-order chi connectivity index (χ0) is 30.3. The van der Waals surface area contributed by atoms with Crippen molar-refractivity contribution < 1.29 is 39.2 Å². The molecule has 228 valence electrons. The fourth-order valence-corrected chi connectivity index (χ4v) is 8.75. The number of benzene rings is 1. The van der Waals surface area contributed by atoms with E-state index in [4.69, 9.17) is 4.74 Å². The molecular formula is C33H43NO8. The fraction of sp³-hybridized carbons (Fsp3) is 0.636. The topological polar surface area (TPSA) is 150 Å². The standard InChI is InChI=1S/C33H43NO8/c1-31-13-9-22(35)18-21(31)4-5-23-24(31)10-14-32(2)25(23)11-15-33(32,41)28(38)19-42-30(40)8-7-29(39)34-16-12-20-3-6-26(36)27(37)17-20/h3,6,17-18,23-25,36-37,41H,4-5,7-16,19H2,1-2H3,(H,34,39)/t23-,24-,25+,31+,32+,33+/m1/s1. The Morgan fingerprint density at radius 3 is 2.50 bits per heavy atom. The number of nitrogens with one attached hydrogen (secondary N) is 1. The van der Waals surface area contributed by atoms with Gasteiger partial charge in [-0.1, -0.05) is 25.5 Å². The quantitative estimate of drug-likeness (QED) is 0.253. The number of Topliss-reactive ketones (excluding diaryl/α,β-unsaturated/α-hetero) is 1. The number of phenols is 2. The third-order valence-electron chi connectivity index (χ3n) is 11.3. The van der Waals surface area contributed by atoms with E-state index in [0.717, 1.165) is 44.1 Å². The predicted octanol–water partition coefficient (Wildman–Crippen LogP) is 3.91. The number of carbonyl (C=O) groups excluding carboxylic acids is 4. The van der Waals surface area contributed by atoms with Crippen molar-refractivity contribution in [2.24, 2.45) is 28.6 Å². The van der Waals surface area contributed by atoms with Gasteiger partial charge in [0, 0.05) is 24.8 Å². The molecule has 3 saturated carbocycles. The van der Waals surface area contributed by atoms with Gasteiger partial charge in [0.05, 0.1) is 6.42 Å². The van der Waals surface area contributed by atoms with Crippen LogP contribution in [0.1, 0.15) is 83.6 Å². The van der Waals surface area contributed by atoms with Crippen LogP contribution in [0.5, 0.6) is 11.5 Å². The Labute approximate surface area is 246 Å². The van der Waals surface area contributed by atoms with E-state index in [1.54, 1.807) is 6.07 Å². The molecule has 1 aromatic rings. The molecule has 0 bridgehead atoms. The molecule has 0 spiro atoms. The lowest BCUT2D eigenvalue weighted by atomic mass is 9.46. The van der Waals surface area contributed by atoms with Crippen molar-refractivity contribution in [3.8, 4) is 11.5 Å². The number of hydrogen-bond acceptors (Lipinski definition) is 8. The number of ether oxygens (including phenoxy) is 1. The Hall–Kier alpha value is -3.20. The smallest absolute Gasteiger partial charge is 0.306 e. The average Bonchev–Trinajstić information content (AvgIpc) is 3.24. The summed E-state index contributed by atoms with van der Waals surface area (Å²) in [5, 5.41) is 33.4. The summed E-state index contributed by atoms with van der Waals surface area (Å²) in [6.45, 7) is 4.12. The number of allylic oxidation sites excluding steroid dienone is 1. The van der Waals surface area contributed by atoms with Crippen LogP contribution in [-0.2, 0) is 30.3 Å². The molecule has 4 aliphatic carbocycles. The highest BCUT2D eigenvalue weighted by atomic mass is 16.5. The summed E-state index contributed by atoms with van der Waals surface area (Å²) in [7, 11) is 0. The van der Waals surface area contributed by atoms with Crippen molar-refractivity contribution in [2.75, 3.05) is 13.2 Å². The highest BCUT2D eigenvalue weighted by molar-refractivity contribution is 5.92. The van der Waals surface area contributed by atoms with Gasteiger partial charge in [0.25, 0.3) is 0 Å². The van der Waals surface area contributed by atoms with Gasteiger partial charge in [-0.3, -0.25) is 19.2 Å². The van der Waals surface area contributed by atoms with Crippen LogP contribution in [0.3, 0.4) is 0 Å². The normalized spacial score (nSPS) is 33.5. The molecule has 4 aliphatic rings.